The highest BCUT2D eigenvalue weighted by molar-refractivity contribution is 5.71. The van der Waals surface area contributed by atoms with Crippen LogP contribution in [0.15, 0.2) is 0 Å². The number of likely N-dealkylation sites (N-methyl/N-ethyl adjacent to an activating group) is 1. The molecule has 0 saturated heterocycles. The monoisotopic (exact) mass is 217 g/mol. The number of nitrogens with zero attached hydrogens (tertiary/aromatic N) is 1. The van der Waals surface area contributed by atoms with E-state index in [-0.39, 0.29) is 5.97 Å². The standard InChI is InChI=1S/C11H23NO3/c1-5-12(9-11(13)15-6-2)10(3)7-8-14-4/h10H,5-9H2,1-4H3. The first-order chi connectivity index (χ1) is 7.15. The summed E-state index contributed by atoms with van der Waals surface area (Å²) in [5, 5.41) is 0. The molecule has 15 heavy (non-hydrogen) atoms. The molecule has 90 valence electrons. The molecule has 0 rings (SSSR count). The Morgan fingerprint density at radius 3 is 2.53 bits per heavy atom. The van der Waals surface area contributed by atoms with Gasteiger partial charge in [-0.15, -0.1) is 0 Å². The Morgan fingerprint density at radius 1 is 1.40 bits per heavy atom. The molecule has 0 heterocycles. The van der Waals surface area contributed by atoms with Crippen LogP contribution in [0.4, 0.5) is 0 Å². The number of ether oxygens (including phenoxy) is 2. The SMILES string of the molecule is CCOC(=O)CN(CC)C(C)CCOC. The lowest BCUT2D eigenvalue weighted by Crippen LogP contribution is -2.38. The van der Waals surface area contributed by atoms with Crippen LogP contribution in [0, 0.1) is 0 Å². The Labute approximate surface area is 92.5 Å². The van der Waals surface area contributed by atoms with Crippen LogP contribution in [0.2, 0.25) is 0 Å². The van der Waals surface area contributed by atoms with Gasteiger partial charge < -0.3 is 9.47 Å². The quantitative estimate of drug-likeness (QED) is 0.574. The number of methoxy groups -OCH3 is 1. The summed E-state index contributed by atoms with van der Waals surface area (Å²) in [5.74, 6) is -0.149. The minimum absolute atomic E-state index is 0.149. The zero-order valence-corrected chi connectivity index (χ0v) is 10.3. The molecular weight excluding hydrogens is 194 g/mol. The van der Waals surface area contributed by atoms with Crippen LogP contribution in [-0.2, 0) is 14.3 Å². The van der Waals surface area contributed by atoms with Crippen LogP contribution in [0.1, 0.15) is 27.2 Å². The molecule has 0 aromatic carbocycles. The van der Waals surface area contributed by atoms with Crippen molar-refractivity contribution in [2.45, 2.75) is 33.2 Å². The lowest BCUT2D eigenvalue weighted by Gasteiger charge is -2.26. The van der Waals surface area contributed by atoms with Gasteiger partial charge in [0.05, 0.1) is 13.2 Å². The van der Waals surface area contributed by atoms with Crippen molar-refractivity contribution in [2.24, 2.45) is 0 Å². The second kappa shape index (κ2) is 8.68. The molecule has 0 N–H and O–H groups in total. The van der Waals surface area contributed by atoms with Gasteiger partial charge in [-0.1, -0.05) is 6.92 Å². The Balaban J connectivity index is 3.93. The predicted molar refractivity (Wildman–Crippen MR) is 59.8 cm³/mol. The van der Waals surface area contributed by atoms with E-state index < -0.39 is 0 Å². The first-order valence-electron chi connectivity index (χ1n) is 5.54. The van der Waals surface area contributed by atoms with Crippen LogP contribution in [-0.4, -0.2) is 50.3 Å². The van der Waals surface area contributed by atoms with Gasteiger partial charge in [0.2, 0.25) is 0 Å². The molecule has 0 fully saturated rings. The number of rotatable bonds is 8. The van der Waals surface area contributed by atoms with Gasteiger partial charge in [0.1, 0.15) is 0 Å². The maximum absolute atomic E-state index is 11.3. The molecule has 0 aliphatic carbocycles. The number of esters is 1. The molecule has 4 nitrogen and oxygen atoms in total. The summed E-state index contributed by atoms with van der Waals surface area (Å²) in [4.78, 5) is 13.4. The highest BCUT2D eigenvalue weighted by Gasteiger charge is 2.15. The fraction of sp³-hybridized carbons (Fsp3) is 0.909. The van der Waals surface area contributed by atoms with E-state index in [9.17, 15) is 4.79 Å². The number of hydrogen-bond acceptors (Lipinski definition) is 4. The maximum atomic E-state index is 11.3. The minimum Gasteiger partial charge on any atom is -0.465 e. The molecule has 1 atom stereocenters. The molecular formula is C11H23NO3. The van der Waals surface area contributed by atoms with Gasteiger partial charge in [-0.2, -0.15) is 0 Å². The van der Waals surface area contributed by atoms with E-state index in [2.05, 4.69) is 11.8 Å². The molecule has 0 amide bonds. The van der Waals surface area contributed by atoms with Crippen molar-refractivity contribution in [1.29, 1.82) is 0 Å². The smallest absolute Gasteiger partial charge is 0.320 e. The molecule has 0 spiro atoms. The fourth-order valence-electron chi connectivity index (χ4n) is 1.42. The third-order valence-electron chi connectivity index (χ3n) is 2.41. The third kappa shape index (κ3) is 6.47. The van der Waals surface area contributed by atoms with Crippen LogP contribution in [0.25, 0.3) is 0 Å². The van der Waals surface area contributed by atoms with Gasteiger partial charge in [0.25, 0.3) is 0 Å². The summed E-state index contributed by atoms with van der Waals surface area (Å²) >= 11 is 0. The lowest BCUT2D eigenvalue weighted by atomic mass is 10.2. The normalized spacial score (nSPS) is 12.9. The largest absolute Gasteiger partial charge is 0.465 e. The zero-order chi connectivity index (χ0) is 11.7. The average Bonchev–Trinajstić information content (AvgIpc) is 2.22. The molecule has 0 aromatic heterocycles. The van der Waals surface area contributed by atoms with Crippen molar-refractivity contribution in [3.05, 3.63) is 0 Å². The van der Waals surface area contributed by atoms with E-state index in [0.29, 0.717) is 19.2 Å². The van der Waals surface area contributed by atoms with Crippen molar-refractivity contribution in [3.63, 3.8) is 0 Å². The number of hydrogen-bond donors (Lipinski definition) is 0. The Bertz CT molecular complexity index is 173. The van der Waals surface area contributed by atoms with Gasteiger partial charge in [0.15, 0.2) is 0 Å². The Hall–Kier alpha value is -0.610. The van der Waals surface area contributed by atoms with E-state index in [1.807, 2.05) is 13.8 Å². The topological polar surface area (TPSA) is 38.8 Å². The number of carbonyl (C=O) groups excluding carboxylic acids is 1. The highest BCUT2D eigenvalue weighted by Crippen LogP contribution is 2.03. The minimum atomic E-state index is -0.149. The summed E-state index contributed by atoms with van der Waals surface area (Å²) in [6.07, 6.45) is 0.934. The molecule has 4 heteroatoms. The van der Waals surface area contributed by atoms with Gasteiger partial charge in [-0.25, -0.2) is 0 Å². The van der Waals surface area contributed by atoms with Crippen molar-refractivity contribution < 1.29 is 14.3 Å². The summed E-state index contributed by atoms with van der Waals surface area (Å²) in [5.41, 5.74) is 0. The third-order valence-corrected chi connectivity index (χ3v) is 2.41. The predicted octanol–water partition coefficient (Wildman–Crippen LogP) is 1.30. The first-order valence-corrected chi connectivity index (χ1v) is 5.54. The zero-order valence-electron chi connectivity index (χ0n) is 10.3. The van der Waals surface area contributed by atoms with Crippen LogP contribution in [0.3, 0.4) is 0 Å². The van der Waals surface area contributed by atoms with Gasteiger partial charge in [0, 0.05) is 19.8 Å². The fourth-order valence-corrected chi connectivity index (χ4v) is 1.42. The number of carbonyl (C=O) groups is 1. The molecule has 0 aromatic rings. The molecule has 0 saturated carbocycles. The van der Waals surface area contributed by atoms with Crippen LogP contribution >= 0.6 is 0 Å². The van der Waals surface area contributed by atoms with Gasteiger partial charge >= 0.3 is 5.97 Å². The molecule has 0 radical (unpaired) electrons. The van der Waals surface area contributed by atoms with Crippen LogP contribution in [0.5, 0.6) is 0 Å². The summed E-state index contributed by atoms with van der Waals surface area (Å²) in [7, 11) is 1.69. The summed E-state index contributed by atoms with van der Waals surface area (Å²) in [6.45, 7) is 8.36. The van der Waals surface area contributed by atoms with Crippen molar-refractivity contribution >= 4 is 5.97 Å². The summed E-state index contributed by atoms with van der Waals surface area (Å²) < 4.78 is 9.93. The van der Waals surface area contributed by atoms with E-state index in [4.69, 9.17) is 9.47 Å². The molecule has 0 aliphatic rings. The Morgan fingerprint density at radius 2 is 2.07 bits per heavy atom. The Kier molecular flexibility index (Phi) is 8.33. The second-order valence-electron chi connectivity index (χ2n) is 3.50. The molecule has 0 aliphatic heterocycles. The van der Waals surface area contributed by atoms with Crippen molar-refractivity contribution in [3.8, 4) is 0 Å². The van der Waals surface area contributed by atoms with Crippen molar-refractivity contribution in [1.82, 2.24) is 4.90 Å². The van der Waals surface area contributed by atoms with E-state index >= 15 is 0 Å². The van der Waals surface area contributed by atoms with Gasteiger partial charge in [-0.3, -0.25) is 9.69 Å². The van der Waals surface area contributed by atoms with E-state index in [1.54, 1.807) is 7.11 Å². The van der Waals surface area contributed by atoms with Crippen LogP contribution < -0.4 is 0 Å². The lowest BCUT2D eigenvalue weighted by molar-refractivity contribution is -0.145. The highest BCUT2D eigenvalue weighted by atomic mass is 16.5. The van der Waals surface area contributed by atoms with Crippen molar-refractivity contribution in [2.75, 3.05) is 33.4 Å². The first kappa shape index (κ1) is 14.4. The molecule has 0 bridgehead atoms. The average molecular weight is 217 g/mol. The maximum Gasteiger partial charge on any atom is 0.320 e. The second-order valence-corrected chi connectivity index (χ2v) is 3.50. The van der Waals surface area contributed by atoms with Gasteiger partial charge in [-0.05, 0) is 26.8 Å². The molecule has 1 unspecified atom stereocenters. The van der Waals surface area contributed by atoms with E-state index in [0.717, 1.165) is 19.6 Å². The van der Waals surface area contributed by atoms with E-state index in [1.165, 1.54) is 0 Å². The summed E-state index contributed by atoms with van der Waals surface area (Å²) in [6, 6.07) is 0.347.